The molecule has 0 spiro atoms. The molecule has 0 saturated carbocycles. The summed E-state index contributed by atoms with van der Waals surface area (Å²) in [5.74, 6) is -1.39. The fourth-order valence-corrected chi connectivity index (χ4v) is 4.02. The Morgan fingerprint density at radius 2 is 1.59 bits per heavy atom. The number of methoxy groups -OCH3 is 1. The van der Waals surface area contributed by atoms with Gasteiger partial charge in [0.2, 0.25) is 0 Å². The molecule has 0 N–H and O–H groups in total. The Labute approximate surface area is 185 Å². The predicted molar refractivity (Wildman–Crippen MR) is 114 cm³/mol. The molecule has 1 saturated heterocycles. The van der Waals surface area contributed by atoms with Gasteiger partial charge in [0, 0.05) is 13.1 Å². The molecule has 2 heterocycles. The Balaban J connectivity index is 1.47. The van der Waals surface area contributed by atoms with E-state index in [-0.39, 0.29) is 42.2 Å². The number of benzene rings is 2. The van der Waals surface area contributed by atoms with Gasteiger partial charge in [-0.05, 0) is 49.1 Å². The Hall–Kier alpha value is -3.68. The third-order valence-electron chi connectivity index (χ3n) is 5.74. The quantitative estimate of drug-likeness (QED) is 0.511. The van der Waals surface area contributed by atoms with Crippen LogP contribution in [-0.2, 0) is 16.1 Å². The van der Waals surface area contributed by atoms with Gasteiger partial charge in [0.05, 0.1) is 24.8 Å². The first-order valence-electron chi connectivity index (χ1n) is 10.6. The molecule has 4 rings (SSSR count). The number of fused-ring (bicyclic) bond motifs is 1. The number of amides is 3. The zero-order valence-electron chi connectivity index (χ0n) is 17.8. The lowest BCUT2D eigenvalue weighted by Crippen LogP contribution is -2.38. The van der Waals surface area contributed by atoms with Gasteiger partial charge in [-0.25, -0.2) is 4.79 Å². The van der Waals surface area contributed by atoms with Crippen molar-refractivity contribution in [3.05, 3.63) is 64.7 Å². The van der Waals surface area contributed by atoms with Gasteiger partial charge in [-0.1, -0.05) is 18.2 Å². The van der Waals surface area contributed by atoms with Crippen LogP contribution >= 0.6 is 0 Å². The first kappa shape index (κ1) is 21.5. The van der Waals surface area contributed by atoms with Crippen LogP contribution in [0, 0.1) is 0 Å². The van der Waals surface area contributed by atoms with E-state index in [1.807, 2.05) is 0 Å². The van der Waals surface area contributed by atoms with Crippen LogP contribution in [0.5, 0.6) is 5.75 Å². The summed E-state index contributed by atoms with van der Waals surface area (Å²) in [6.07, 6.45) is 3.00. The van der Waals surface area contributed by atoms with Gasteiger partial charge in [0.15, 0.2) is 6.61 Å². The van der Waals surface area contributed by atoms with Gasteiger partial charge < -0.3 is 14.4 Å². The second-order valence-electron chi connectivity index (χ2n) is 7.79. The second kappa shape index (κ2) is 9.21. The van der Waals surface area contributed by atoms with E-state index in [0.717, 1.165) is 24.2 Å². The van der Waals surface area contributed by atoms with Crippen LogP contribution in [0.2, 0.25) is 0 Å². The van der Waals surface area contributed by atoms with Gasteiger partial charge in [-0.15, -0.1) is 0 Å². The minimum absolute atomic E-state index is 0.00330. The molecule has 3 amide bonds. The molecule has 2 aliphatic rings. The number of rotatable bonds is 6. The monoisotopic (exact) mass is 436 g/mol. The first-order valence-corrected chi connectivity index (χ1v) is 10.6. The molecule has 0 bridgehead atoms. The van der Waals surface area contributed by atoms with E-state index < -0.39 is 5.97 Å². The number of nitrogens with zero attached hydrogens (tertiary/aromatic N) is 2. The lowest BCUT2D eigenvalue weighted by atomic mass is 10.1. The van der Waals surface area contributed by atoms with E-state index in [1.165, 1.54) is 13.2 Å². The van der Waals surface area contributed by atoms with E-state index in [4.69, 9.17) is 9.47 Å². The first-order chi connectivity index (χ1) is 15.5. The number of likely N-dealkylation sites (tertiary alicyclic amines) is 1. The minimum Gasteiger partial charge on any atom is -0.496 e. The second-order valence-corrected chi connectivity index (χ2v) is 7.79. The lowest BCUT2D eigenvalue weighted by molar-refractivity contribution is -0.135. The molecule has 1 fully saturated rings. The zero-order valence-corrected chi connectivity index (χ0v) is 17.8. The molecule has 8 heteroatoms. The van der Waals surface area contributed by atoms with Gasteiger partial charge in [0.25, 0.3) is 17.7 Å². The number of imide groups is 1. The van der Waals surface area contributed by atoms with Crippen molar-refractivity contribution >= 4 is 23.7 Å². The summed E-state index contributed by atoms with van der Waals surface area (Å²) in [4.78, 5) is 53.1. The topological polar surface area (TPSA) is 93.2 Å². The molecule has 0 radical (unpaired) electrons. The molecule has 0 aliphatic carbocycles. The van der Waals surface area contributed by atoms with Crippen LogP contribution in [0.15, 0.2) is 42.5 Å². The van der Waals surface area contributed by atoms with Gasteiger partial charge in [0.1, 0.15) is 11.3 Å². The number of hydrogen-bond donors (Lipinski definition) is 0. The number of piperidine rings is 1. The Morgan fingerprint density at radius 1 is 0.938 bits per heavy atom. The highest BCUT2D eigenvalue weighted by atomic mass is 16.5. The number of ether oxygens (including phenoxy) is 2. The summed E-state index contributed by atoms with van der Waals surface area (Å²) >= 11 is 0. The molecule has 8 nitrogen and oxygen atoms in total. The predicted octanol–water partition coefficient (Wildman–Crippen LogP) is 2.66. The van der Waals surface area contributed by atoms with Crippen LogP contribution in [0.4, 0.5) is 0 Å². The summed E-state index contributed by atoms with van der Waals surface area (Å²) in [5.41, 5.74) is 1.42. The molecule has 2 aromatic rings. The largest absolute Gasteiger partial charge is 0.496 e. The van der Waals surface area contributed by atoms with Crippen LogP contribution in [-0.4, -0.2) is 60.3 Å². The Morgan fingerprint density at radius 3 is 2.22 bits per heavy atom. The molecule has 0 unspecified atom stereocenters. The number of hydrogen-bond acceptors (Lipinski definition) is 6. The third-order valence-corrected chi connectivity index (χ3v) is 5.74. The highest BCUT2D eigenvalue weighted by Gasteiger charge is 2.35. The minimum atomic E-state index is -0.698. The van der Waals surface area contributed by atoms with Crippen molar-refractivity contribution in [3.8, 4) is 5.75 Å². The number of carbonyl (C=O) groups excluding carboxylic acids is 4. The van der Waals surface area contributed by atoms with Gasteiger partial charge >= 0.3 is 5.97 Å². The molecular formula is C24H24N2O6. The molecule has 2 aromatic carbocycles. The van der Waals surface area contributed by atoms with Gasteiger partial charge in [-0.2, -0.15) is 0 Å². The van der Waals surface area contributed by atoms with Crippen molar-refractivity contribution in [2.45, 2.75) is 25.8 Å². The maximum absolute atomic E-state index is 12.7. The zero-order chi connectivity index (χ0) is 22.7. The van der Waals surface area contributed by atoms with Crippen LogP contribution in [0.3, 0.4) is 0 Å². The number of esters is 1. The van der Waals surface area contributed by atoms with Crippen molar-refractivity contribution in [3.63, 3.8) is 0 Å². The Kier molecular flexibility index (Phi) is 6.20. The molecule has 166 valence electrons. The van der Waals surface area contributed by atoms with Crippen LogP contribution < -0.4 is 4.74 Å². The van der Waals surface area contributed by atoms with E-state index in [9.17, 15) is 19.2 Å². The van der Waals surface area contributed by atoms with Gasteiger partial charge in [-0.3, -0.25) is 19.3 Å². The van der Waals surface area contributed by atoms with Crippen molar-refractivity contribution in [2.75, 3.05) is 26.8 Å². The van der Waals surface area contributed by atoms with Crippen molar-refractivity contribution < 1.29 is 28.7 Å². The molecule has 0 atom stereocenters. The third kappa shape index (κ3) is 4.21. The highest BCUT2D eigenvalue weighted by molar-refractivity contribution is 6.21. The van der Waals surface area contributed by atoms with Crippen molar-refractivity contribution in [2.24, 2.45) is 0 Å². The normalized spacial score (nSPS) is 15.5. The highest BCUT2D eigenvalue weighted by Crippen LogP contribution is 2.27. The SMILES string of the molecule is COc1ccc(CN2C(=O)c3ccccc3C2=O)cc1C(=O)OCC(=O)N1CCCCC1. The molecule has 0 aromatic heterocycles. The maximum atomic E-state index is 12.7. The average Bonchev–Trinajstić information content (AvgIpc) is 3.07. The smallest absolute Gasteiger partial charge is 0.342 e. The van der Waals surface area contributed by atoms with E-state index in [1.54, 1.807) is 41.3 Å². The van der Waals surface area contributed by atoms with Crippen LogP contribution in [0.1, 0.15) is 55.9 Å². The molecular weight excluding hydrogens is 412 g/mol. The van der Waals surface area contributed by atoms with Crippen molar-refractivity contribution in [1.82, 2.24) is 9.80 Å². The van der Waals surface area contributed by atoms with E-state index in [2.05, 4.69) is 0 Å². The molecule has 32 heavy (non-hydrogen) atoms. The van der Waals surface area contributed by atoms with E-state index in [0.29, 0.717) is 29.8 Å². The summed E-state index contributed by atoms with van der Waals surface area (Å²) in [6.45, 7) is 1.01. The number of carbonyl (C=O) groups is 4. The average molecular weight is 436 g/mol. The van der Waals surface area contributed by atoms with E-state index >= 15 is 0 Å². The molecule has 2 aliphatic heterocycles. The maximum Gasteiger partial charge on any atom is 0.342 e. The standard InChI is InChI=1S/C24H24N2O6/c1-31-20-10-9-16(14-26-22(28)17-7-3-4-8-18(17)23(26)29)13-19(20)24(30)32-15-21(27)25-11-5-2-6-12-25/h3-4,7-10,13H,2,5-6,11-12,14-15H2,1H3. The van der Waals surface area contributed by atoms with Crippen molar-refractivity contribution in [1.29, 1.82) is 0 Å². The van der Waals surface area contributed by atoms with Crippen LogP contribution in [0.25, 0.3) is 0 Å². The summed E-state index contributed by atoms with van der Waals surface area (Å²) < 4.78 is 10.5. The fourth-order valence-electron chi connectivity index (χ4n) is 4.02. The summed E-state index contributed by atoms with van der Waals surface area (Å²) in [6, 6.07) is 11.4. The lowest BCUT2D eigenvalue weighted by Gasteiger charge is -2.26. The fraction of sp³-hybridized carbons (Fsp3) is 0.333. The Bertz CT molecular complexity index is 1040. The summed E-state index contributed by atoms with van der Waals surface area (Å²) in [5, 5.41) is 0. The summed E-state index contributed by atoms with van der Waals surface area (Å²) in [7, 11) is 1.43.